The fourth-order valence-corrected chi connectivity index (χ4v) is 2.46. The van der Waals surface area contributed by atoms with Gasteiger partial charge in [-0.2, -0.15) is 0 Å². The Morgan fingerprint density at radius 1 is 1.12 bits per heavy atom. The molecule has 1 heterocycles. The molecular weight excluding hydrogens is 328 g/mol. The number of carbonyl (C=O) groups excluding carboxylic acids is 2. The first kappa shape index (κ1) is 16.1. The van der Waals surface area contributed by atoms with Gasteiger partial charge in [-0.25, -0.2) is 4.79 Å². The standard InChI is InChI=1S/C18H15ClN2O3/c1-11(17(22)20-14-7-4-6-13(19)10-14)24-18(23)16-9-12-5-2-3-8-15(12)21-16/h2-11,21H,1H3,(H,20,22)/t11-/m1/s1. The van der Waals surface area contributed by atoms with Gasteiger partial charge in [-0.3, -0.25) is 4.79 Å². The van der Waals surface area contributed by atoms with E-state index in [1.165, 1.54) is 6.92 Å². The molecule has 122 valence electrons. The Bertz CT molecular complexity index is 871. The summed E-state index contributed by atoms with van der Waals surface area (Å²) in [5.74, 6) is -1.01. The molecule has 1 amide bonds. The van der Waals surface area contributed by atoms with Crippen LogP contribution in [0.5, 0.6) is 0 Å². The number of para-hydroxylation sites is 1. The Kier molecular flexibility index (Phi) is 4.53. The molecule has 0 bridgehead atoms. The molecule has 0 fully saturated rings. The van der Waals surface area contributed by atoms with Crippen LogP contribution in [0.2, 0.25) is 5.02 Å². The number of hydrogen-bond donors (Lipinski definition) is 2. The second-order valence-electron chi connectivity index (χ2n) is 5.32. The molecule has 0 aliphatic carbocycles. The number of ether oxygens (including phenoxy) is 1. The summed E-state index contributed by atoms with van der Waals surface area (Å²) in [7, 11) is 0. The summed E-state index contributed by atoms with van der Waals surface area (Å²) < 4.78 is 5.21. The smallest absolute Gasteiger partial charge is 0.355 e. The summed E-state index contributed by atoms with van der Waals surface area (Å²) >= 11 is 5.87. The summed E-state index contributed by atoms with van der Waals surface area (Å²) in [6.45, 7) is 1.51. The second kappa shape index (κ2) is 6.76. The molecule has 0 spiro atoms. The minimum Gasteiger partial charge on any atom is -0.448 e. The number of anilines is 1. The number of esters is 1. The van der Waals surface area contributed by atoms with E-state index in [1.807, 2.05) is 24.3 Å². The Balaban J connectivity index is 1.65. The van der Waals surface area contributed by atoms with Crippen molar-refractivity contribution in [1.29, 1.82) is 0 Å². The van der Waals surface area contributed by atoms with Gasteiger partial charge in [-0.1, -0.05) is 35.9 Å². The SMILES string of the molecule is C[C@@H](OC(=O)c1cc2ccccc2[nH]1)C(=O)Nc1cccc(Cl)c1. The van der Waals surface area contributed by atoms with E-state index < -0.39 is 18.0 Å². The fourth-order valence-electron chi connectivity index (χ4n) is 2.27. The summed E-state index contributed by atoms with van der Waals surface area (Å²) in [5, 5.41) is 4.07. The minimum atomic E-state index is -0.942. The van der Waals surface area contributed by atoms with Crippen molar-refractivity contribution in [2.75, 3.05) is 5.32 Å². The van der Waals surface area contributed by atoms with Gasteiger partial charge in [0.2, 0.25) is 0 Å². The van der Waals surface area contributed by atoms with E-state index in [0.29, 0.717) is 16.4 Å². The molecule has 3 rings (SSSR count). The Morgan fingerprint density at radius 2 is 1.92 bits per heavy atom. The highest BCUT2D eigenvalue weighted by molar-refractivity contribution is 6.30. The molecule has 1 aromatic heterocycles. The average molecular weight is 343 g/mol. The maximum atomic E-state index is 12.2. The van der Waals surface area contributed by atoms with Gasteiger partial charge in [-0.05, 0) is 37.3 Å². The number of hydrogen-bond acceptors (Lipinski definition) is 3. The zero-order chi connectivity index (χ0) is 17.1. The lowest BCUT2D eigenvalue weighted by Gasteiger charge is -2.13. The maximum Gasteiger partial charge on any atom is 0.355 e. The van der Waals surface area contributed by atoms with E-state index in [9.17, 15) is 9.59 Å². The van der Waals surface area contributed by atoms with Gasteiger partial charge >= 0.3 is 5.97 Å². The summed E-state index contributed by atoms with van der Waals surface area (Å²) in [4.78, 5) is 27.3. The molecule has 3 aromatic rings. The monoisotopic (exact) mass is 342 g/mol. The molecule has 6 heteroatoms. The Morgan fingerprint density at radius 3 is 2.67 bits per heavy atom. The number of fused-ring (bicyclic) bond motifs is 1. The number of carbonyl (C=O) groups is 2. The predicted octanol–water partition coefficient (Wildman–Crippen LogP) is 4.01. The highest BCUT2D eigenvalue weighted by Crippen LogP contribution is 2.17. The van der Waals surface area contributed by atoms with Crippen molar-refractivity contribution in [3.63, 3.8) is 0 Å². The lowest BCUT2D eigenvalue weighted by atomic mass is 10.2. The van der Waals surface area contributed by atoms with Crippen molar-refractivity contribution in [1.82, 2.24) is 4.98 Å². The normalized spacial score (nSPS) is 11.9. The first-order chi connectivity index (χ1) is 11.5. The number of benzene rings is 2. The summed E-state index contributed by atoms with van der Waals surface area (Å²) in [5.41, 5.74) is 1.68. The zero-order valence-electron chi connectivity index (χ0n) is 12.9. The summed E-state index contributed by atoms with van der Waals surface area (Å²) in [6, 6.07) is 15.9. The van der Waals surface area contributed by atoms with Gasteiger partial charge in [-0.15, -0.1) is 0 Å². The lowest BCUT2D eigenvalue weighted by molar-refractivity contribution is -0.123. The molecule has 24 heavy (non-hydrogen) atoms. The lowest BCUT2D eigenvalue weighted by Crippen LogP contribution is -2.30. The van der Waals surface area contributed by atoms with Crippen molar-refractivity contribution >= 4 is 40.1 Å². The minimum absolute atomic E-state index is 0.304. The number of halogens is 1. The Labute approximate surface area is 143 Å². The van der Waals surface area contributed by atoms with E-state index in [2.05, 4.69) is 10.3 Å². The van der Waals surface area contributed by atoms with Crippen molar-refractivity contribution < 1.29 is 14.3 Å². The van der Waals surface area contributed by atoms with E-state index in [-0.39, 0.29) is 0 Å². The molecule has 0 unspecified atom stereocenters. The van der Waals surface area contributed by atoms with E-state index in [0.717, 1.165) is 10.9 Å². The van der Waals surface area contributed by atoms with Crippen LogP contribution in [0, 0.1) is 0 Å². The van der Waals surface area contributed by atoms with Crippen LogP contribution >= 0.6 is 11.6 Å². The van der Waals surface area contributed by atoms with Gasteiger partial charge in [0, 0.05) is 21.6 Å². The zero-order valence-corrected chi connectivity index (χ0v) is 13.6. The maximum absolute atomic E-state index is 12.2. The van der Waals surface area contributed by atoms with Gasteiger partial charge in [0.25, 0.3) is 5.91 Å². The first-order valence-electron chi connectivity index (χ1n) is 7.38. The third-order valence-corrected chi connectivity index (χ3v) is 3.73. The second-order valence-corrected chi connectivity index (χ2v) is 5.75. The predicted molar refractivity (Wildman–Crippen MR) is 93.3 cm³/mol. The topological polar surface area (TPSA) is 71.2 Å². The molecule has 0 radical (unpaired) electrons. The van der Waals surface area contributed by atoms with Gasteiger partial charge < -0.3 is 15.0 Å². The third-order valence-electron chi connectivity index (χ3n) is 3.50. The number of aromatic nitrogens is 1. The number of nitrogens with one attached hydrogen (secondary N) is 2. The highest BCUT2D eigenvalue weighted by atomic mass is 35.5. The van der Waals surface area contributed by atoms with Crippen LogP contribution in [0.25, 0.3) is 10.9 Å². The van der Waals surface area contributed by atoms with E-state index in [1.54, 1.807) is 30.3 Å². The van der Waals surface area contributed by atoms with Crippen LogP contribution < -0.4 is 5.32 Å². The van der Waals surface area contributed by atoms with Crippen LogP contribution in [-0.4, -0.2) is 23.0 Å². The highest BCUT2D eigenvalue weighted by Gasteiger charge is 2.20. The van der Waals surface area contributed by atoms with Crippen LogP contribution in [-0.2, 0) is 9.53 Å². The molecule has 0 aliphatic rings. The van der Waals surface area contributed by atoms with Crippen molar-refractivity contribution in [3.8, 4) is 0 Å². The molecule has 2 aromatic carbocycles. The van der Waals surface area contributed by atoms with E-state index in [4.69, 9.17) is 16.3 Å². The van der Waals surface area contributed by atoms with Crippen molar-refractivity contribution in [3.05, 3.63) is 65.3 Å². The molecule has 0 saturated carbocycles. The quantitative estimate of drug-likeness (QED) is 0.704. The fraction of sp³-hybridized carbons (Fsp3) is 0.111. The number of amides is 1. The number of H-pyrrole nitrogens is 1. The molecule has 1 atom stereocenters. The largest absolute Gasteiger partial charge is 0.448 e. The van der Waals surface area contributed by atoms with Gasteiger partial charge in [0.15, 0.2) is 6.10 Å². The number of rotatable bonds is 4. The third kappa shape index (κ3) is 3.58. The Hall–Kier alpha value is -2.79. The van der Waals surface area contributed by atoms with Crippen LogP contribution in [0.4, 0.5) is 5.69 Å². The van der Waals surface area contributed by atoms with Gasteiger partial charge in [0.1, 0.15) is 5.69 Å². The van der Waals surface area contributed by atoms with Crippen molar-refractivity contribution in [2.24, 2.45) is 0 Å². The molecular formula is C18H15ClN2O3. The molecule has 0 saturated heterocycles. The average Bonchev–Trinajstić information content (AvgIpc) is 2.99. The van der Waals surface area contributed by atoms with Crippen LogP contribution in [0.1, 0.15) is 17.4 Å². The molecule has 5 nitrogen and oxygen atoms in total. The van der Waals surface area contributed by atoms with Crippen molar-refractivity contribution in [2.45, 2.75) is 13.0 Å². The van der Waals surface area contributed by atoms with Gasteiger partial charge in [0.05, 0.1) is 0 Å². The van der Waals surface area contributed by atoms with Crippen LogP contribution in [0.15, 0.2) is 54.6 Å². The summed E-state index contributed by atoms with van der Waals surface area (Å²) in [6.07, 6.45) is -0.942. The van der Waals surface area contributed by atoms with Crippen LogP contribution in [0.3, 0.4) is 0 Å². The molecule has 0 aliphatic heterocycles. The number of aromatic amines is 1. The van der Waals surface area contributed by atoms with E-state index >= 15 is 0 Å². The molecule has 2 N–H and O–H groups in total. The first-order valence-corrected chi connectivity index (χ1v) is 7.76.